The van der Waals surface area contributed by atoms with Crippen LogP contribution in [0.1, 0.15) is 12.5 Å². The number of phenols is 1. The molecule has 0 fully saturated rings. The zero-order chi connectivity index (χ0) is 16.2. The second-order valence-corrected chi connectivity index (χ2v) is 5.50. The van der Waals surface area contributed by atoms with E-state index in [1.165, 1.54) is 0 Å². The lowest BCUT2D eigenvalue weighted by molar-refractivity contribution is 0.297. The van der Waals surface area contributed by atoms with Crippen molar-refractivity contribution in [2.24, 2.45) is 0 Å². The fourth-order valence-corrected chi connectivity index (χ4v) is 2.74. The maximum Gasteiger partial charge on any atom is 0.167 e. The molecule has 0 aliphatic carbocycles. The molecule has 0 unspecified atom stereocenters. The minimum atomic E-state index is 0.0412. The van der Waals surface area contributed by atoms with Gasteiger partial charge in [0.05, 0.1) is 11.6 Å². The molecule has 0 aliphatic rings. The summed E-state index contributed by atoms with van der Waals surface area (Å²) >= 11 is 6.25. The lowest BCUT2D eigenvalue weighted by atomic mass is 10.1. The Morgan fingerprint density at radius 2 is 1.74 bits per heavy atom. The molecule has 0 aromatic heterocycles. The van der Waals surface area contributed by atoms with Crippen molar-refractivity contribution in [3.63, 3.8) is 0 Å². The Balaban J connectivity index is 2.04. The van der Waals surface area contributed by atoms with Crippen molar-refractivity contribution in [1.82, 2.24) is 0 Å². The fraction of sp³-hybridized carbons (Fsp3) is 0.158. The lowest BCUT2D eigenvalue weighted by Crippen LogP contribution is -1.98. The molecular weight excluding hydrogens is 312 g/mol. The predicted molar refractivity (Wildman–Crippen MR) is 92.6 cm³/mol. The molecule has 0 radical (unpaired) electrons. The van der Waals surface area contributed by atoms with Gasteiger partial charge in [-0.15, -0.1) is 0 Å². The van der Waals surface area contributed by atoms with Crippen molar-refractivity contribution in [3.8, 4) is 17.2 Å². The number of hydrogen-bond acceptors (Lipinski definition) is 3. The molecule has 0 heterocycles. The normalized spacial score (nSPS) is 10.7. The van der Waals surface area contributed by atoms with E-state index in [0.29, 0.717) is 35.1 Å². The van der Waals surface area contributed by atoms with Gasteiger partial charge in [0.2, 0.25) is 0 Å². The summed E-state index contributed by atoms with van der Waals surface area (Å²) in [6, 6.07) is 17.0. The molecule has 0 aliphatic heterocycles. The highest BCUT2D eigenvalue weighted by molar-refractivity contribution is 6.36. The highest BCUT2D eigenvalue weighted by Gasteiger charge is 2.16. The van der Waals surface area contributed by atoms with Gasteiger partial charge in [0.1, 0.15) is 12.4 Å². The standard InChI is InChI=1S/C19H17ClO3/c1-2-22-17-11-16(23-12-13-7-4-3-5-8-13)14-9-6-10-15(20)18(14)19(17)21/h3-11,21H,2,12H2,1H3. The highest BCUT2D eigenvalue weighted by Crippen LogP contribution is 2.44. The van der Waals surface area contributed by atoms with Crippen molar-refractivity contribution in [3.05, 3.63) is 65.2 Å². The third-order valence-electron chi connectivity index (χ3n) is 3.55. The van der Waals surface area contributed by atoms with E-state index in [1.807, 2.05) is 49.4 Å². The van der Waals surface area contributed by atoms with Crippen molar-refractivity contribution >= 4 is 22.4 Å². The molecule has 0 saturated heterocycles. The van der Waals surface area contributed by atoms with Gasteiger partial charge in [-0.2, -0.15) is 0 Å². The summed E-state index contributed by atoms with van der Waals surface area (Å²) < 4.78 is 11.5. The van der Waals surface area contributed by atoms with Crippen LogP contribution in [-0.4, -0.2) is 11.7 Å². The first kappa shape index (κ1) is 15.5. The summed E-state index contributed by atoms with van der Waals surface area (Å²) in [5, 5.41) is 12.2. The van der Waals surface area contributed by atoms with Crippen LogP contribution in [0.2, 0.25) is 5.02 Å². The molecule has 0 saturated carbocycles. The molecule has 23 heavy (non-hydrogen) atoms. The van der Waals surface area contributed by atoms with Crippen LogP contribution in [0.3, 0.4) is 0 Å². The van der Waals surface area contributed by atoms with Gasteiger partial charge in [0.25, 0.3) is 0 Å². The van der Waals surface area contributed by atoms with Gasteiger partial charge in [-0.05, 0) is 18.6 Å². The summed E-state index contributed by atoms with van der Waals surface area (Å²) in [7, 11) is 0. The van der Waals surface area contributed by atoms with E-state index in [0.717, 1.165) is 10.9 Å². The number of phenolic OH excluding ortho intramolecular Hbond substituents is 1. The maximum atomic E-state index is 10.4. The number of ether oxygens (including phenoxy) is 2. The lowest BCUT2D eigenvalue weighted by Gasteiger charge is -2.15. The first-order chi connectivity index (χ1) is 11.2. The summed E-state index contributed by atoms with van der Waals surface area (Å²) in [6.07, 6.45) is 0. The van der Waals surface area contributed by atoms with Crippen molar-refractivity contribution in [2.45, 2.75) is 13.5 Å². The van der Waals surface area contributed by atoms with Crippen LogP contribution in [-0.2, 0) is 6.61 Å². The Hall–Kier alpha value is -2.39. The topological polar surface area (TPSA) is 38.7 Å². The first-order valence-corrected chi connectivity index (χ1v) is 7.82. The van der Waals surface area contributed by atoms with Gasteiger partial charge >= 0.3 is 0 Å². The molecule has 1 N–H and O–H groups in total. The van der Waals surface area contributed by atoms with Gasteiger partial charge in [0.15, 0.2) is 11.5 Å². The van der Waals surface area contributed by atoms with E-state index in [9.17, 15) is 5.11 Å². The SMILES string of the molecule is CCOc1cc(OCc2ccccc2)c2cccc(Cl)c2c1O. The molecule has 3 aromatic rings. The smallest absolute Gasteiger partial charge is 0.167 e. The zero-order valence-electron chi connectivity index (χ0n) is 12.8. The van der Waals surface area contributed by atoms with Gasteiger partial charge in [-0.1, -0.05) is 54.1 Å². The molecule has 0 amide bonds. The Morgan fingerprint density at radius 3 is 2.48 bits per heavy atom. The number of rotatable bonds is 5. The van der Waals surface area contributed by atoms with Gasteiger partial charge in [-0.3, -0.25) is 0 Å². The Morgan fingerprint density at radius 1 is 0.957 bits per heavy atom. The van der Waals surface area contributed by atoms with Crippen molar-refractivity contribution < 1.29 is 14.6 Å². The van der Waals surface area contributed by atoms with Crippen LogP contribution < -0.4 is 9.47 Å². The van der Waals surface area contributed by atoms with Gasteiger partial charge < -0.3 is 14.6 Å². The van der Waals surface area contributed by atoms with Crippen LogP contribution in [0.5, 0.6) is 17.2 Å². The van der Waals surface area contributed by atoms with E-state index >= 15 is 0 Å². The number of halogens is 1. The van der Waals surface area contributed by atoms with Crippen LogP contribution in [0, 0.1) is 0 Å². The van der Waals surface area contributed by atoms with Crippen LogP contribution >= 0.6 is 11.6 Å². The first-order valence-electron chi connectivity index (χ1n) is 7.44. The number of aromatic hydroxyl groups is 1. The van der Waals surface area contributed by atoms with Crippen molar-refractivity contribution in [2.75, 3.05) is 6.61 Å². The molecule has 3 nitrogen and oxygen atoms in total. The van der Waals surface area contributed by atoms with Crippen LogP contribution in [0.15, 0.2) is 54.6 Å². The fourth-order valence-electron chi connectivity index (χ4n) is 2.48. The average Bonchev–Trinajstić information content (AvgIpc) is 2.57. The zero-order valence-corrected chi connectivity index (χ0v) is 13.5. The van der Waals surface area contributed by atoms with E-state index in [-0.39, 0.29) is 5.75 Å². The van der Waals surface area contributed by atoms with Gasteiger partial charge in [0, 0.05) is 16.8 Å². The molecule has 118 valence electrons. The summed E-state index contributed by atoms with van der Waals surface area (Å²) in [4.78, 5) is 0. The Kier molecular flexibility index (Phi) is 4.58. The van der Waals surface area contributed by atoms with E-state index in [1.54, 1.807) is 12.1 Å². The maximum absolute atomic E-state index is 10.4. The molecule has 0 bridgehead atoms. The van der Waals surface area contributed by atoms with E-state index in [4.69, 9.17) is 21.1 Å². The third kappa shape index (κ3) is 3.20. The largest absolute Gasteiger partial charge is 0.504 e. The average molecular weight is 329 g/mol. The molecule has 3 rings (SSSR count). The summed E-state index contributed by atoms with van der Waals surface area (Å²) in [5.74, 6) is 1.04. The van der Waals surface area contributed by atoms with Gasteiger partial charge in [-0.25, -0.2) is 0 Å². The van der Waals surface area contributed by atoms with Crippen LogP contribution in [0.25, 0.3) is 10.8 Å². The number of hydrogen-bond donors (Lipinski definition) is 1. The Bertz CT molecular complexity index is 816. The van der Waals surface area contributed by atoms with E-state index < -0.39 is 0 Å². The molecule has 3 aromatic carbocycles. The van der Waals surface area contributed by atoms with Crippen LogP contribution in [0.4, 0.5) is 0 Å². The molecule has 0 spiro atoms. The third-order valence-corrected chi connectivity index (χ3v) is 3.86. The molecule has 0 atom stereocenters. The number of benzene rings is 3. The second-order valence-electron chi connectivity index (χ2n) is 5.09. The predicted octanol–water partition coefficient (Wildman–Crippen LogP) is 5.18. The van der Waals surface area contributed by atoms with Crippen molar-refractivity contribution in [1.29, 1.82) is 0 Å². The molecule has 4 heteroatoms. The second kappa shape index (κ2) is 6.80. The Labute approximate surface area is 140 Å². The quantitative estimate of drug-likeness (QED) is 0.701. The monoisotopic (exact) mass is 328 g/mol. The number of fused-ring (bicyclic) bond motifs is 1. The minimum Gasteiger partial charge on any atom is -0.504 e. The van der Waals surface area contributed by atoms with E-state index in [2.05, 4.69) is 0 Å². The summed E-state index contributed by atoms with van der Waals surface area (Å²) in [6.45, 7) is 2.74. The highest BCUT2D eigenvalue weighted by atomic mass is 35.5. The summed E-state index contributed by atoms with van der Waals surface area (Å²) in [5.41, 5.74) is 1.06. The molecular formula is C19H17ClO3. The minimum absolute atomic E-state index is 0.0412.